The van der Waals surface area contributed by atoms with Crippen molar-refractivity contribution in [1.82, 2.24) is 4.90 Å². The van der Waals surface area contributed by atoms with Crippen LogP contribution in [0, 0.1) is 0 Å². The van der Waals surface area contributed by atoms with Crippen LogP contribution in [0.3, 0.4) is 0 Å². The number of hydrogen-bond donors (Lipinski definition) is 0. The van der Waals surface area contributed by atoms with E-state index in [9.17, 15) is 4.79 Å². The van der Waals surface area contributed by atoms with Crippen LogP contribution in [0.2, 0.25) is 5.02 Å². The number of carbonyl (C=O) groups excluding carboxylic acids is 1. The van der Waals surface area contributed by atoms with Crippen molar-refractivity contribution in [2.75, 3.05) is 14.1 Å². The molecule has 3 nitrogen and oxygen atoms in total. The maximum absolute atomic E-state index is 12.0. The summed E-state index contributed by atoms with van der Waals surface area (Å²) in [6.07, 6.45) is 1.58. The molecule has 1 heterocycles. The first-order valence-corrected chi connectivity index (χ1v) is 5.52. The van der Waals surface area contributed by atoms with Crippen molar-refractivity contribution < 1.29 is 9.21 Å². The predicted molar refractivity (Wildman–Crippen MR) is 67.2 cm³/mol. The van der Waals surface area contributed by atoms with Gasteiger partial charge in [0, 0.05) is 24.7 Å². The number of rotatable bonds is 2. The quantitative estimate of drug-likeness (QED) is 0.818. The van der Waals surface area contributed by atoms with E-state index >= 15 is 0 Å². The second kappa shape index (κ2) is 4.63. The highest BCUT2D eigenvalue weighted by Crippen LogP contribution is 2.27. The van der Waals surface area contributed by atoms with Gasteiger partial charge in [0.1, 0.15) is 5.76 Å². The van der Waals surface area contributed by atoms with E-state index in [1.807, 2.05) is 6.07 Å². The zero-order valence-electron chi connectivity index (χ0n) is 9.61. The van der Waals surface area contributed by atoms with Crippen molar-refractivity contribution in [3.8, 4) is 11.3 Å². The van der Waals surface area contributed by atoms with Gasteiger partial charge in [0.05, 0.1) is 11.8 Å². The van der Waals surface area contributed by atoms with Gasteiger partial charge in [-0.2, -0.15) is 0 Å². The first-order chi connectivity index (χ1) is 8.09. The molecule has 1 aromatic carbocycles. The second-order valence-corrected chi connectivity index (χ2v) is 4.30. The molecule has 0 unspecified atom stereocenters. The van der Waals surface area contributed by atoms with Gasteiger partial charge in [0.25, 0.3) is 5.91 Å². The summed E-state index contributed by atoms with van der Waals surface area (Å²) in [6.45, 7) is 0. The molecule has 1 amide bonds. The van der Waals surface area contributed by atoms with Crippen LogP contribution in [-0.2, 0) is 0 Å². The molecule has 0 radical (unpaired) electrons. The summed E-state index contributed by atoms with van der Waals surface area (Å²) >= 11 is 5.93. The second-order valence-electron chi connectivity index (χ2n) is 3.87. The summed E-state index contributed by atoms with van der Waals surface area (Å²) in [6, 6.07) is 8.79. The van der Waals surface area contributed by atoms with Crippen molar-refractivity contribution in [3.63, 3.8) is 0 Å². The molecule has 0 N–H and O–H groups in total. The number of nitrogens with zero attached hydrogens (tertiary/aromatic N) is 1. The minimum absolute atomic E-state index is 0.0982. The molecule has 0 aliphatic rings. The average molecular weight is 250 g/mol. The summed E-state index contributed by atoms with van der Waals surface area (Å²) in [4.78, 5) is 13.6. The first kappa shape index (κ1) is 11.7. The maximum atomic E-state index is 12.0. The Hall–Kier alpha value is -1.74. The van der Waals surface area contributed by atoms with E-state index in [4.69, 9.17) is 16.0 Å². The van der Waals surface area contributed by atoms with Gasteiger partial charge in [0.15, 0.2) is 0 Å². The van der Waals surface area contributed by atoms with Gasteiger partial charge in [-0.25, -0.2) is 0 Å². The molecule has 0 saturated carbocycles. The molecule has 1 aromatic heterocycles. The third-order valence-corrected chi connectivity index (χ3v) is 2.64. The maximum Gasteiger partial charge on any atom is 0.254 e. The lowest BCUT2D eigenvalue weighted by Crippen LogP contribution is -2.22. The van der Waals surface area contributed by atoms with E-state index in [1.54, 1.807) is 44.6 Å². The minimum Gasteiger partial charge on any atom is -0.464 e. The highest BCUT2D eigenvalue weighted by atomic mass is 35.5. The summed E-state index contributed by atoms with van der Waals surface area (Å²) in [5.74, 6) is 0.561. The van der Waals surface area contributed by atoms with E-state index in [-0.39, 0.29) is 5.91 Å². The van der Waals surface area contributed by atoms with Crippen molar-refractivity contribution >= 4 is 17.5 Å². The molecule has 0 atom stereocenters. The Labute approximate surface area is 105 Å². The van der Waals surface area contributed by atoms with E-state index in [1.165, 1.54) is 4.90 Å². The molecule has 88 valence electrons. The summed E-state index contributed by atoms with van der Waals surface area (Å²) in [5.41, 5.74) is 1.29. The Morgan fingerprint density at radius 2 is 2.06 bits per heavy atom. The zero-order chi connectivity index (χ0) is 12.4. The minimum atomic E-state index is -0.0982. The number of halogens is 1. The Bertz CT molecular complexity index is 532. The monoisotopic (exact) mass is 249 g/mol. The van der Waals surface area contributed by atoms with Crippen LogP contribution < -0.4 is 0 Å². The van der Waals surface area contributed by atoms with Crippen molar-refractivity contribution in [3.05, 3.63) is 47.2 Å². The number of furan rings is 1. The molecular formula is C13H12ClNO2. The molecule has 0 spiro atoms. The van der Waals surface area contributed by atoms with Crippen LogP contribution in [0.5, 0.6) is 0 Å². The predicted octanol–water partition coefficient (Wildman–Crippen LogP) is 3.30. The molecule has 2 rings (SSSR count). The number of hydrogen-bond acceptors (Lipinski definition) is 2. The van der Waals surface area contributed by atoms with Crippen molar-refractivity contribution in [2.45, 2.75) is 0 Å². The smallest absolute Gasteiger partial charge is 0.254 e. The molecule has 2 aromatic rings. The fourth-order valence-electron chi connectivity index (χ4n) is 1.58. The molecule has 0 aliphatic heterocycles. The third-order valence-electron chi connectivity index (χ3n) is 2.40. The van der Waals surface area contributed by atoms with Gasteiger partial charge in [-0.05, 0) is 30.3 Å². The Morgan fingerprint density at radius 3 is 2.65 bits per heavy atom. The lowest BCUT2D eigenvalue weighted by molar-refractivity contribution is 0.0828. The zero-order valence-corrected chi connectivity index (χ0v) is 10.4. The van der Waals surface area contributed by atoms with Gasteiger partial charge in [-0.3, -0.25) is 4.79 Å². The van der Waals surface area contributed by atoms with Gasteiger partial charge < -0.3 is 9.32 Å². The molecule has 4 heteroatoms. The van der Waals surface area contributed by atoms with Crippen molar-refractivity contribution in [2.24, 2.45) is 0 Å². The van der Waals surface area contributed by atoms with Crippen LogP contribution in [0.15, 0.2) is 41.0 Å². The average Bonchev–Trinajstić information content (AvgIpc) is 2.81. The standard InChI is InChI=1S/C13H12ClNO2/c1-15(2)13(16)11-8-9(14)5-6-10(11)12-4-3-7-17-12/h3-8H,1-2H3. The molecule has 0 saturated heterocycles. The molecule has 17 heavy (non-hydrogen) atoms. The van der Waals surface area contributed by atoms with Gasteiger partial charge in [-0.15, -0.1) is 0 Å². The molecule has 0 bridgehead atoms. The van der Waals surface area contributed by atoms with E-state index in [0.29, 0.717) is 16.3 Å². The molecular weight excluding hydrogens is 238 g/mol. The van der Waals surface area contributed by atoms with Crippen LogP contribution in [0.25, 0.3) is 11.3 Å². The highest BCUT2D eigenvalue weighted by molar-refractivity contribution is 6.31. The SMILES string of the molecule is CN(C)C(=O)c1cc(Cl)ccc1-c1ccco1. The van der Waals surface area contributed by atoms with E-state index in [2.05, 4.69) is 0 Å². The normalized spacial score (nSPS) is 10.3. The Balaban J connectivity index is 2.56. The van der Waals surface area contributed by atoms with Crippen LogP contribution >= 0.6 is 11.6 Å². The fourth-order valence-corrected chi connectivity index (χ4v) is 1.75. The number of benzene rings is 1. The largest absolute Gasteiger partial charge is 0.464 e. The summed E-state index contributed by atoms with van der Waals surface area (Å²) in [5, 5.41) is 0.533. The Morgan fingerprint density at radius 1 is 1.29 bits per heavy atom. The van der Waals surface area contributed by atoms with Crippen LogP contribution in [-0.4, -0.2) is 24.9 Å². The molecule has 0 fully saturated rings. The van der Waals surface area contributed by atoms with Crippen LogP contribution in [0.4, 0.5) is 0 Å². The highest BCUT2D eigenvalue weighted by Gasteiger charge is 2.16. The summed E-state index contributed by atoms with van der Waals surface area (Å²) in [7, 11) is 3.41. The van der Waals surface area contributed by atoms with Gasteiger partial charge >= 0.3 is 0 Å². The number of carbonyl (C=O) groups is 1. The number of amides is 1. The summed E-state index contributed by atoms with van der Waals surface area (Å²) < 4.78 is 5.32. The topological polar surface area (TPSA) is 33.5 Å². The lowest BCUT2D eigenvalue weighted by Gasteiger charge is -2.13. The van der Waals surface area contributed by atoms with E-state index in [0.717, 1.165) is 5.56 Å². The van der Waals surface area contributed by atoms with Gasteiger partial charge in [-0.1, -0.05) is 11.6 Å². The molecule has 0 aliphatic carbocycles. The lowest BCUT2D eigenvalue weighted by atomic mass is 10.0. The van der Waals surface area contributed by atoms with Crippen LogP contribution in [0.1, 0.15) is 10.4 Å². The van der Waals surface area contributed by atoms with Crippen molar-refractivity contribution in [1.29, 1.82) is 0 Å². The first-order valence-electron chi connectivity index (χ1n) is 5.14. The Kier molecular flexibility index (Phi) is 3.20. The van der Waals surface area contributed by atoms with Gasteiger partial charge in [0.2, 0.25) is 0 Å². The fraction of sp³-hybridized carbons (Fsp3) is 0.154. The van der Waals surface area contributed by atoms with E-state index < -0.39 is 0 Å². The third kappa shape index (κ3) is 2.34.